The lowest BCUT2D eigenvalue weighted by molar-refractivity contribution is -0.123. The number of rotatable bonds is 5. The van der Waals surface area contributed by atoms with Crippen LogP contribution in [0.1, 0.15) is 27.4 Å². The van der Waals surface area contributed by atoms with E-state index >= 15 is 0 Å². The molecule has 3 atom stereocenters. The zero-order valence-corrected chi connectivity index (χ0v) is 13.2. The first-order valence-corrected chi connectivity index (χ1v) is 8.33. The van der Waals surface area contributed by atoms with Crippen molar-refractivity contribution in [1.82, 2.24) is 20.5 Å². The van der Waals surface area contributed by atoms with Gasteiger partial charge in [0.2, 0.25) is 5.91 Å². The molecule has 2 aliphatic heterocycles. The van der Waals surface area contributed by atoms with Gasteiger partial charge in [-0.2, -0.15) is 0 Å². The summed E-state index contributed by atoms with van der Waals surface area (Å²) in [7, 11) is 0. The highest BCUT2D eigenvalue weighted by Crippen LogP contribution is 2.52. The average molecular weight is 331 g/mol. The zero-order chi connectivity index (χ0) is 16.8. The third-order valence-corrected chi connectivity index (χ3v) is 5.55. The van der Waals surface area contributed by atoms with Crippen LogP contribution >= 0.6 is 0 Å². The lowest BCUT2D eigenvalue weighted by Crippen LogP contribution is -2.41. The third-order valence-electron chi connectivity index (χ3n) is 5.55. The largest absolute Gasteiger partial charge is 0.364 e. The van der Waals surface area contributed by atoms with Gasteiger partial charge in [-0.25, -0.2) is 0 Å². The molecule has 1 saturated carbocycles. The first-order chi connectivity index (χ1) is 11.5. The molecule has 0 bridgehead atoms. The summed E-state index contributed by atoms with van der Waals surface area (Å²) >= 11 is 0. The number of carbonyl (C=O) groups excluding carboxylic acids is 3. The number of fused-ring (bicyclic) bond motifs is 1. The van der Waals surface area contributed by atoms with Crippen LogP contribution in [-0.2, 0) is 4.79 Å². The Morgan fingerprint density at radius 2 is 1.96 bits per heavy atom. The van der Waals surface area contributed by atoms with Crippen LogP contribution in [0.15, 0.2) is 12.1 Å². The van der Waals surface area contributed by atoms with E-state index in [1.165, 1.54) is 6.07 Å². The maximum absolute atomic E-state index is 12.1. The molecule has 1 aliphatic carbocycles. The van der Waals surface area contributed by atoms with Gasteiger partial charge in [0, 0.05) is 26.2 Å². The van der Waals surface area contributed by atoms with Crippen molar-refractivity contribution in [1.29, 1.82) is 0 Å². The van der Waals surface area contributed by atoms with Crippen LogP contribution in [0.4, 0.5) is 0 Å². The van der Waals surface area contributed by atoms with E-state index in [2.05, 4.69) is 20.5 Å². The summed E-state index contributed by atoms with van der Waals surface area (Å²) in [5.74, 6) is 0.978. The minimum Gasteiger partial charge on any atom is -0.364 e. The maximum atomic E-state index is 12.1. The number of carbonyl (C=O) groups is 3. The van der Waals surface area contributed by atoms with Gasteiger partial charge in [0.1, 0.15) is 11.4 Å². The third kappa shape index (κ3) is 2.56. The zero-order valence-electron chi connectivity index (χ0n) is 13.2. The number of likely N-dealkylation sites (tertiary alicyclic amines) is 1. The summed E-state index contributed by atoms with van der Waals surface area (Å²) in [5, 5.41) is 5.80. The monoisotopic (exact) mass is 331 g/mol. The predicted molar refractivity (Wildman–Crippen MR) is 85.1 cm³/mol. The number of H-pyrrole nitrogens is 1. The highest BCUT2D eigenvalue weighted by atomic mass is 16.2. The molecule has 3 heterocycles. The van der Waals surface area contributed by atoms with Crippen molar-refractivity contribution in [2.75, 3.05) is 26.2 Å². The summed E-state index contributed by atoms with van der Waals surface area (Å²) < 4.78 is 0. The molecule has 1 aromatic heterocycles. The van der Waals surface area contributed by atoms with E-state index in [1.54, 1.807) is 6.07 Å². The van der Waals surface area contributed by atoms with Gasteiger partial charge in [-0.1, -0.05) is 0 Å². The Balaban J connectivity index is 1.25. The Morgan fingerprint density at radius 1 is 1.25 bits per heavy atom. The maximum Gasteiger partial charge on any atom is 0.267 e. The molecule has 128 valence electrons. The Labute approximate surface area is 139 Å². The Bertz CT molecular complexity index is 688. The fraction of sp³-hybridized carbons (Fsp3) is 0.562. The number of piperidine rings is 1. The minimum absolute atomic E-state index is 0.0409. The van der Waals surface area contributed by atoms with Crippen LogP contribution in [0.2, 0.25) is 0 Å². The first-order valence-electron chi connectivity index (χ1n) is 8.33. The second-order valence-electron chi connectivity index (χ2n) is 6.90. The predicted octanol–water partition coefficient (Wildman–Crippen LogP) is -1.09. The summed E-state index contributed by atoms with van der Waals surface area (Å²) in [6, 6.07) is 3.11. The van der Waals surface area contributed by atoms with Gasteiger partial charge in [0.25, 0.3) is 11.8 Å². The second-order valence-corrected chi connectivity index (χ2v) is 6.90. The number of aromatic amines is 1. The second kappa shape index (κ2) is 5.62. The van der Waals surface area contributed by atoms with Crippen LogP contribution < -0.4 is 16.4 Å². The van der Waals surface area contributed by atoms with E-state index in [0.717, 1.165) is 26.1 Å². The normalized spacial score (nSPS) is 31.6. The van der Waals surface area contributed by atoms with Crippen LogP contribution in [0.5, 0.6) is 0 Å². The molecule has 8 nitrogen and oxygen atoms in total. The molecule has 8 heteroatoms. The van der Waals surface area contributed by atoms with Gasteiger partial charge in [0.05, 0.1) is 6.04 Å². The molecule has 5 N–H and O–H groups in total. The van der Waals surface area contributed by atoms with Crippen molar-refractivity contribution < 1.29 is 14.4 Å². The lowest BCUT2D eigenvalue weighted by atomic mass is 10.2. The van der Waals surface area contributed by atoms with E-state index in [9.17, 15) is 14.4 Å². The van der Waals surface area contributed by atoms with Gasteiger partial charge in [-0.15, -0.1) is 0 Å². The van der Waals surface area contributed by atoms with Crippen LogP contribution in [0, 0.1) is 17.8 Å². The van der Waals surface area contributed by atoms with E-state index < -0.39 is 5.91 Å². The Morgan fingerprint density at radius 3 is 2.54 bits per heavy atom. The van der Waals surface area contributed by atoms with Gasteiger partial charge in [0.15, 0.2) is 0 Å². The topological polar surface area (TPSA) is 120 Å². The number of nitrogens with two attached hydrogens (primary N) is 1. The van der Waals surface area contributed by atoms with Gasteiger partial charge in [-0.05, 0) is 36.3 Å². The quantitative estimate of drug-likeness (QED) is 0.548. The molecule has 1 aromatic rings. The molecule has 3 aliphatic rings. The van der Waals surface area contributed by atoms with E-state index in [-0.39, 0.29) is 23.6 Å². The molecule has 3 unspecified atom stereocenters. The molecule has 0 radical (unpaired) electrons. The van der Waals surface area contributed by atoms with E-state index in [1.807, 2.05) is 0 Å². The molecule has 2 saturated heterocycles. The van der Waals surface area contributed by atoms with E-state index in [4.69, 9.17) is 5.73 Å². The molecule has 4 rings (SSSR count). The van der Waals surface area contributed by atoms with Gasteiger partial charge in [-0.3, -0.25) is 19.3 Å². The summed E-state index contributed by atoms with van der Waals surface area (Å²) in [6.45, 7) is 3.29. The molecular weight excluding hydrogens is 310 g/mol. The lowest BCUT2D eigenvalue weighted by Gasteiger charge is -2.24. The number of aromatic nitrogens is 1. The van der Waals surface area contributed by atoms with Crippen molar-refractivity contribution in [2.45, 2.75) is 12.5 Å². The molecule has 0 spiro atoms. The summed E-state index contributed by atoms with van der Waals surface area (Å²) in [5.41, 5.74) is 5.74. The van der Waals surface area contributed by atoms with Crippen molar-refractivity contribution in [3.8, 4) is 0 Å². The molecule has 3 fully saturated rings. The number of nitrogens with one attached hydrogen (secondary N) is 3. The molecule has 3 amide bonds. The summed E-state index contributed by atoms with van der Waals surface area (Å²) in [6.07, 6.45) is 0.898. The van der Waals surface area contributed by atoms with Crippen LogP contribution in [0.3, 0.4) is 0 Å². The molecular formula is C16H21N5O3. The van der Waals surface area contributed by atoms with Gasteiger partial charge >= 0.3 is 0 Å². The first kappa shape index (κ1) is 15.2. The standard InChI is InChI=1S/C16H21N5O3/c17-14(22)11-1-2-12(20-11)15(23)19-5-8-9-6-21(7-10(8)9)13-3-4-18-16(13)24/h1-2,8-10,13,20H,3-7H2,(H2,17,22)(H,18,24)(H,19,23). The number of nitrogens with zero attached hydrogens (tertiary/aromatic N) is 1. The van der Waals surface area contributed by atoms with Crippen molar-refractivity contribution >= 4 is 17.7 Å². The van der Waals surface area contributed by atoms with Crippen molar-refractivity contribution in [3.63, 3.8) is 0 Å². The Hall–Kier alpha value is -2.35. The van der Waals surface area contributed by atoms with Crippen molar-refractivity contribution in [3.05, 3.63) is 23.5 Å². The number of hydrogen-bond acceptors (Lipinski definition) is 4. The average Bonchev–Trinajstić information content (AvgIpc) is 3.06. The molecule has 0 aromatic carbocycles. The summed E-state index contributed by atoms with van der Waals surface area (Å²) in [4.78, 5) is 39.9. The highest BCUT2D eigenvalue weighted by Gasteiger charge is 2.57. The smallest absolute Gasteiger partial charge is 0.267 e. The van der Waals surface area contributed by atoms with E-state index in [0.29, 0.717) is 30.0 Å². The number of amides is 3. The van der Waals surface area contributed by atoms with Crippen LogP contribution in [-0.4, -0.2) is 59.8 Å². The molecule has 24 heavy (non-hydrogen) atoms. The minimum atomic E-state index is -0.582. The highest BCUT2D eigenvalue weighted by molar-refractivity contribution is 5.96. The Kier molecular flexibility index (Phi) is 3.56. The SMILES string of the molecule is NC(=O)c1ccc(C(=O)NCC2C3CN(C4CCNC4=O)CC23)[nH]1. The van der Waals surface area contributed by atoms with Gasteiger partial charge < -0.3 is 21.4 Å². The number of primary amides is 1. The van der Waals surface area contributed by atoms with Crippen molar-refractivity contribution in [2.24, 2.45) is 23.5 Å². The fourth-order valence-electron chi connectivity index (χ4n) is 4.15. The van der Waals surface area contributed by atoms with Crippen LogP contribution in [0.25, 0.3) is 0 Å². The number of hydrogen-bond donors (Lipinski definition) is 4. The fourth-order valence-corrected chi connectivity index (χ4v) is 4.15.